The highest BCUT2D eigenvalue weighted by Crippen LogP contribution is 2.21. The van der Waals surface area contributed by atoms with E-state index in [-0.39, 0.29) is 12.6 Å². The molecule has 0 aliphatic rings. The topological polar surface area (TPSA) is 45.2 Å². The first-order valence-corrected chi connectivity index (χ1v) is 7.45. The molecule has 1 aromatic heterocycles. The van der Waals surface area contributed by atoms with Crippen molar-refractivity contribution in [2.75, 3.05) is 11.9 Å². The van der Waals surface area contributed by atoms with E-state index in [1.165, 1.54) is 5.56 Å². The van der Waals surface area contributed by atoms with Crippen molar-refractivity contribution >= 4 is 17.0 Å². The molecular weight excluding hydrogens is 256 g/mol. The summed E-state index contributed by atoms with van der Waals surface area (Å²) in [6.45, 7) is 4.39. The number of benzene rings is 1. The van der Waals surface area contributed by atoms with Gasteiger partial charge in [-0.25, -0.2) is 4.98 Å². The van der Waals surface area contributed by atoms with Gasteiger partial charge in [0.1, 0.15) is 0 Å². The second kappa shape index (κ2) is 6.68. The van der Waals surface area contributed by atoms with Crippen molar-refractivity contribution in [1.29, 1.82) is 0 Å². The molecule has 0 aliphatic heterocycles. The van der Waals surface area contributed by atoms with Gasteiger partial charge in [-0.2, -0.15) is 0 Å². The number of nitrogens with zero attached hydrogens (tertiary/aromatic N) is 1. The SMILES string of the molecule is Cc1nc(C(C)Nc2cccc(CCCO)c2)cs1. The fourth-order valence-electron chi connectivity index (χ4n) is 2.00. The lowest BCUT2D eigenvalue weighted by atomic mass is 10.1. The third-order valence-electron chi connectivity index (χ3n) is 3.01. The van der Waals surface area contributed by atoms with Gasteiger partial charge in [0.25, 0.3) is 0 Å². The molecule has 0 amide bonds. The number of rotatable bonds is 6. The van der Waals surface area contributed by atoms with Crippen LogP contribution in [-0.2, 0) is 6.42 Å². The van der Waals surface area contributed by atoms with Crippen LogP contribution in [0.4, 0.5) is 5.69 Å². The van der Waals surface area contributed by atoms with Gasteiger partial charge in [-0.1, -0.05) is 12.1 Å². The van der Waals surface area contributed by atoms with Crippen LogP contribution < -0.4 is 5.32 Å². The second-order valence-electron chi connectivity index (χ2n) is 4.68. The fourth-order valence-corrected chi connectivity index (χ4v) is 2.71. The number of anilines is 1. The van der Waals surface area contributed by atoms with E-state index < -0.39 is 0 Å². The molecular formula is C15H20N2OS. The first kappa shape index (κ1) is 14.0. The second-order valence-corrected chi connectivity index (χ2v) is 5.75. The van der Waals surface area contributed by atoms with Crippen LogP contribution in [0.5, 0.6) is 0 Å². The number of thiazole rings is 1. The predicted molar refractivity (Wildman–Crippen MR) is 80.7 cm³/mol. The third kappa shape index (κ3) is 4.04. The van der Waals surface area contributed by atoms with E-state index in [4.69, 9.17) is 5.11 Å². The van der Waals surface area contributed by atoms with Crippen LogP contribution in [0.1, 0.15) is 35.7 Å². The number of hydrogen-bond acceptors (Lipinski definition) is 4. The first-order chi connectivity index (χ1) is 9.19. The van der Waals surface area contributed by atoms with Gasteiger partial charge in [0.2, 0.25) is 0 Å². The summed E-state index contributed by atoms with van der Waals surface area (Å²) in [5, 5.41) is 15.5. The number of aromatic nitrogens is 1. The zero-order valence-corrected chi connectivity index (χ0v) is 12.2. The molecule has 19 heavy (non-hydrogen) atoms. The predicted octanol–water partition coefficient (Wildman–Crippen LogP) is 3.55. The molecule has 2 N–H and O–H groups in total. The normalized spacial score (nSPS) is 12.4. The van der Waals surface area contributed by atoms with E-state index in [1.54, 1.807) is 11.3 Å². The minimum atomic E-state index is 0.207. The molecule has 0 radical (unpaired) electrons. The van der Waals surface area contributed by atoms with Crippen LogP contribution >= 0.6 is 11.3 Å². The Hall–Kier alpha value is -1.39. The van der Waals surface area contributed by atoms with Gasteiger partial charge in [0.15, 0.2) is 0 Å². The number of aliphatic hydroxyl groups is 1. The minimum absolute atomic E-state index is 0.207. The van der Waals surface area contributed by atoms with Crippen molar-refractivity contribution in [3.05, 3.63) is 45.9 Å². The molecule has 1 heterocycles. The molecule has 3 nitrogen and oxygen atoms in total. The van der Waals surface area contributed by atoms with Crippen molar-refractivity contribution in [2.24, 2.45) is 0 Å². The molecule has 0 fully saturated rings. The lowest BCUT2D eigenvalue weighted by Gasteiger charge is -2.14. The summed E-state index contributed by atoms with van der Waals surface area (Å²) in [7, 11) is 0. The molecule has 0 aliphatic carbocycles. The highest BCUT2D eigenvalue weighted by atomic mass is 32.1. The largest absolute Gasteiger partial charge is 0.396 e. The van der Waals surface area contributed by atoms with Crippen LogP contribution in [0.15, 0.2) is 29.6 Å². The van der Waals surface area contributed by atoms with Crippen LogP contribution in [0.25, 0.3) is 0 Å². The molecule has 4 heteroatoms. The molecule has 1 atom stereocenters. The fraction of sp³-hybridized carbons (Fsp3) is 0.400. The third-order valence-corrected chi connectivity index (χ3v) is 3.81. The molecule has 0 spiro atoms. The summed E-state index contributed by atoms with van der Waals surface area (Å²) in [5.74, 6) is 0. The number of hydrogen-bond donors (Lipinski definition) is 2. The molecule has 2 aromatic rings. The maximum Gasteiger partial charge on any atom is 0.0898 e. The summed E-state index contributed by atoms with van der Waals surface area (Å²) in [6, 6.07) is 8.56. The lowest BCUT2D eigenvalue weighted by Crippen LogP contribution is -2.07. The van der Waals surface area contributed by atoms with Crippen molar-refractivity contribution in [1.82, 2.24) is 4.98 Å². The summed E-state index contributed by atoms with van der Waals surface area (Å²) < 4.78 is 0. The summed E-state index contributed by atoms with van der Waals surface area (Å²) in [6.07, 6.45) is 1.72. The number of aliphatic hydroxyl groups excluding tert-OH is 1. The van der Waals surface area contributed by atoms with Crippen molar-refractivity contribution in [3.63, 3.8) is 0 Å². The zero-order valence-electron chi connectivity index (χ0n) is 11.4. The monoisotopic (exact) mass is 276 g/mol. The molecule has 2 rings (SSSR count). The Morgan fingerprint density at radius 2 is 2.26 bits per heavy atom. The van der Waals surface area contributed by atoms with Gasteiger partial charge in [-0.3, -0.25) is 0 Å². The van der Waals surface area contributed by atoms with Crippen LogP contribution in [0.2, 0.25) is 0 Å². The summed E-state index contributed by atoms with van der Waals surface area (Å²) in [4.78, 5) is 4.50. The van der Waals surface area contributed by atoms with Gasteiger partial charge in [0.05, 0.1) is 16.7 Å². The molecule has 102 valence electrons. The smallest absolute Gasteiger partial charge is 0.0898 e. The highest BCUT2D eigenvalue weighted by molar-refractivity contribution is 7.09. The van der Waals surface area contributed by atoms with E-state index >= 15 is 0 Å². The molecule has 0 saturated carbocycles. The Bertz CT molecular complexity index is 524. The zero-order chi connectivity index (χ0) is 13.7. The van der Waals surface area contributed by atoms with E-state index in [0.29, 0.717) is 0 Å². The van der Waals surface area contributed by atoms with Crippen LogP contribution in [-0.4, -0.2) is 16.7 Å². The maximum absolute atomic E-state index is 8.87. The average molecular weight is 276 g/mol. The summed E-state index contributed by atoms with van der Waals surface area (Å²) >= 11 is 1.68. The van der Waals surface area contributed by atoms with E-state index in [2.05, 4.69) is 40.8 Å². The van der Waals surface area contributed by atoms with Crippen LogP contribution in [0.3, 0.4) is 0 Å². The Morgan fingerprint density at radius 1 is 1.42 bits per heavy atom. The van der Waals surface area contributed by atoms with Crippen LogP contribution in [0, 0.1) is 6.92 Å². The molecule has 1 aromatic carbocycles. The Labute approximate surface area is 118 Å². The maximum atomic E-state index is 8.87. The average Bonchev–Trinajstić information content (AvgIpc) is 2.83. The highest BCUT2D eigenvalue weighted by Gasteiger charge is 2.08. The molecule has 0 saturated heterocycles. The van der Waals surface area contributed by atoms with Gasteiger partial charge in [-0.05, 0) is 44.4 Å². The van der Waals surface area contributed by atoms with Gasteiger partial charge in [0, 0.05) is 17.7 Å². The standard InChI is InChI=1S/C15H20N2OS/c1-11(15-10-19-12(2)17-15)16-14-7-3-5-13(9-14)6-4-8-18/h3,5,7,9-11,16,18H,4,6,8H2,1-2H3. The Kier molecular flexibility index (Phi) is 4.93. The van der Waals surface area contributed by atoms with E-state index in [0.717, 1.165) is 29.2 Å². The lowest BCUT2D eigenvalue weighted by molar-refractivity contribution is 0.288. The first-order valence-electron chi connectivity index (χ1n) is 6.57. The van der Waals surface area contributed by atoms with Gasteiger partial charge >= 0.3 is 0 Å². The van der Waals surface area contributed by atoms with E-state index in [9.17, 15) is 0 Å². The number of aryl methyl sites for hydroxylation is 2. The minimum Gasteiger partial charge on any atom is -0.396 e. The van der Waals surface area contributed by atoms with Crippen molar-refractivity contribution < 1.29 is 5.11 Å². The Morgan fingerprint density at radius 3 is 2.95 bits per heavy atom. The quantitative estimate of drug-likeness (QED) is 0.848. The van der Waals surface area contributed by atoms with Gasteiger partial charge < -0.3 is 10.4 Å². The van der Waals surface area contributed by atoms with Crippen molar-refractivity contribution in [2.45, 2.75) is 32.7 Å². The molecule has 1 unspecified atom stereocenters. The van der Waals surface area contributed by atoms with Gasteiger partial charge in [-0.15, -0.1) is 11.3 Å². The molecule has 0 bridgehead atoms. The Balaban J connectivity index is 2.02. The summed E-state index contributed by atoms with van der Waals surface area (Å²) in [5.41, 5.74) is 3.44. The van der Waals surface area contributed by atoms with Crippen molar-refractivity contribution in [3.8, 4) is 0 Å². The van der Waals surface area contributed by atoms with E-state index in [1.807, 2.05) is 13.0 Å². The number of nitrogens with one attached hydrogen (secondary N) is 1.